The van der Waals surface area contributed by atoms with Gasteiger partial charge in [0.2, 0.25) is 0 Å². The van der Waals surface area contributed by atoms with Crippen LogP contribution in [0.4, 0.5) is 0 Å². The molecule has 17 heavy (non-hydrogen) atoms. The van der Waals surface area contributed by atoms with Crippen molar-refractivity contribution in [1.82, 2.24) is 4.90 Å². The molecule has 1 aliphatic heterocycles. The average molecular weight is 229 g/mol. The van der Waals surface area contributed by atoms with Crippen molar-refractivity contribution in [2.24, 2.45) is 11.3 Å². The molecule has 3 rings (SSSR count). The molecule has 2 aliphatic rings. The van der Waals surface area contributed by atoms with Crippen LogP contribution in [0.15, 0.2) is 30.3 Å². The molecule has 0 N–H and O–H groups in total. The van der Waals surface area contributed by atoms with E-state index in [0.717, 1.165) is 19.6 Å². The van der Waals surface area contributed by atoms with E-state index in [4.69, 9.17) is 0 Å². The molecule has 1 aromatic rings. The average Bonchev–Trinajstić information content (AvgIpc) is 2.97. The SMILES string of the molecule is CC(=O)C1CN(Cc2ccccc2)CC12CC2. The maximum atomic E-state index is 11.7. The Balaban J connectivity index is 1.69. The van der Waals surface area contributed by atoms with Gasteiger partial charge in [-0.25, -0.2) is 0 Å². The smallest absolute Gasteiger partial charge is 0.134 e. The Labute approximate surface area is 103 Å². The van der Waals surface area contributed by atoms with Crippen LogP contribution < -0.4 is 0 Å². The predicted molar refractivity (Wildman–Crippen MR) is 67.6 cm³/mol. The van der Waals surface area contributed by atoms with Crippen molar-refractivity contribution in [1.29, 1.82) is 0 Å². The number of likely N-dealkylation sites (tertiary alicyclic amines) is 1. The normalized spacial score (nSPS) is 26.3. The zero-order valence-electron chi connectivity index (χ0n) is 10.4. The van der Waals surface area contributed by atoms with Crippen molar-refractivity contribution in [2.75, 3.05) is 13.1 Å². The second-order valence-electron chi connectivity index (χ2n) is 5.68. The highest BCUT2D eigenvalue weighted by atomic mass is 16.1. The van der Waals surface area contributed by atoms with Crippen molar-refractivity contribution in [3.63, 3.8) is 0 Å². The van der Waals surface area contributed by atoms with E-state index < -0.39 is 0 Å². The third kappa shape index (κ3) is 2.02. The molecule has 1 spiro atoms. The van der Waals surface area contributed by atoms with Gasteiger partial charge in [-0.05, 0) is 30.7 Å². The van der Waals surface area contributed by atoms with Gasteiger partial charge >= 0.3 is 0 Å². The zero-order valence-corrected chi connectivity index (χ0v) is 10.4. The van der Waals surface area contributed by atoms with Gasteiger partial charge in [0, 0.05) is 25.6 Å². The highest BCUT2D eigenvalue weighted by Crippen LogP contribution is 2.56. The van der Waals surface area contributed by atoms with Crippen molar-refractivity contribution < 1.29 is 4.79 Å². The van der Waals surface area contributed by atoms with Crippen molar-refractivity contribution in [3.05, 3.63) is 35.9 Å². The maximum absolute atomic E-state index is 11.7. The molecule has 1 saturated carbocycles. The first-order chi connectivity index (χ1) is 8.20. The summed E-state index contributed by atoms with van der Waals surface area (Å²) in [6.07, 6.45) is 2.51. The van der Waals surface area contributed by atoms with Gasteiger partial charge in [-0.2, -0.15) is 0 Å². The first-order valence-electron chi connectivity index (χ1n) is 6.46. The lowest BCUT2D eigenvalue weighted by Gasteiger charge is -2.15. The van der Waals surface area contributed by atoms with Crippen LogP contribution in [0.5, 0.6) is 0 Å². The number of Topliss-reactive ketones (excluding diaryl/α,β-unsaturated/α-hetero) is 1. The summed E-state index contributed by atoms with van der Waals surface area (Å²) in [4.78, 5) is 14.1. The lowest BCUT2D eigenvalue weighted by atomic mass is 9.90. The maximum Gasteiger partial charge on any atom is 0.134 e. The molecule has 1 aromatic carbocycles. The van der Waals surface area contributed by atoms with Gasteiger partial charge in [0.1, 0.15) is 5.78 Å². The van der Waals surface area contributed by atoms with E-state index in [9.17, 15) is 4.79 Å². The third-order valence-corrected chi connectivity index (χ3v) is 4.35. The number of nitrogens with zero attached hydrogens (tertiary/aromatic N) is 1. The van der Waals surface area contributed by atoms with Crippen LogP contribution >= 0.6 is 0 Å². The van der Waals surface area contributed by atoms with Crippen LogP contribution in [-0.4, -0.2) is 23.8 Å². The van der Waals surface area contributed by atoms with E-state index >= 15 is 0 Å². The number of ketones is 1. The number of rotatable bonds is 3. The molecule has 0 amide bonds. The van der Waals surface area contributed by atoms with Gasteiger partial charge in [-0.1, -0.05) is 30.3 Å². The topological polar surface area (TPSA) is 20.3 Å². The summed E-state index contributed by atoms with van der Waals surface area (Å²) in [5.74, 6) is 0.685. The van der Waals surface area contributed by atoms with Crippen molar-refractivity contribution in [2.45, 2.75) is 26.3 Å². The van der Waals surface area contributed by atoms with Crippen LogP contribution in [-0.2, 0) is 11.3 Å². The fourth-order valence-electron chi connectivity index (χ4n) is 3.26. The quantitative estimate of drug-likeness (QED) is 0.793. The second kappa shape index (κ2) is 3.95. The van der Waals surface area contributed by atoms with E-state index in [1.54, 1.807) is 6.92 Å². The minimum Gasteiger partial charge on any atom is -0.300 e. The van der Waals surface area contributed by atoms with Crippen molar-refractivity contribution in [3.8, 4) is 0 Å². The second-order valence-corrected chi connectivity index (χ2v) is 5.68. The summed E-state index contributed by atoms with van der Waals surface area (Å²) in [6.45, 7) is 4.83. The summed E-state index contributed by atoms with van der Waals surface area (Å²) in [5.41, 5.74) is 1.72. The minimum atomic E-state index is 0.297. The molecular weight excluding hydrogens is 210 g/mol. The molecule has 1 heterocycles. The van der Waals surface area contributed by atoms with Gasteiger partial charge in [0.25, 0.3) is 0 Å². The number of benzene rings is 1. The molecule has 2 fully saturated rings. The van der Waals surface area contributed by atoms with E-state index in [0.29, 0.717) is 17.1 Å². The molecule has 1 unspecified atom stereocenters. The Hall–Kier alpha value is -1.15. The molecule has 90 valence electrons. The summed E-state index contributed by atoms with van der Waals surface area (Å²) >= 11 is 0. The van der Waals surface area contributed by atoms with Crippen LogP contribution in [0, 0.1) is 11.3 Å². The monoisotopic (exact) mass is 229 g/mol. The van der Waals surface area contributed by atoms with Gasteiger partial charge in [-0.15, -0.1) is 0 Å². The molecule has 2 nitrogen and oxygen atoms in total. The lowest BCUT2D eigenvalue weighted by Crippen LogP contribution is -2.22. The Morgan fingerprint density at radius 3 is 2.59 bits per heavy atom. The Morgan fingerprint density at radius 2 is 2.06 bits per heavy atom. The van der Waals surface area contributed by atoms with E-state index in [1.807, 2.05) is 6.07 Å². The number of carbonyl (C=O) groups is 1. The van der Waals surface area contributed by atoms with Crippen LogP contribution in [0.25, 0.3) is 0 Å². The molecule has 2 heteroatoms. The number of hydrogen-bond donors (Lipinski definition) is 0. The van der Waals surface area contributed by atoms with Crippen molar-refractivity contribution >= 4 is 5.78 Å². The highest BCUT2D eigenvalue weighted by molar-refractivity contribution is 5.80. The Bertz CT molecular complexity index is 422. The first-order valence-corrected chi connectivity index (χ1v) is 6.46. The van der Waals surface area contributed by atoms with E-state index in [-0.39, 0.29) is 0 Å². The van der Waals surface area contributed by atoms with Gasteiger partial charge in [0.15, 0.2) is 0 Å². The molecular formula is C15H19NO. The molecule has 1 atom stereocenters. The summed E-state index contributed by atoms with van der Waals surface area (Å²) in [5, 5.41) is 0. The Morgan fingerprint density at radius 1 is 1.35 bits per heavy atom. The molecule has 0 bridgehead atoms. The van der Waals surface area contributed by atoms with E-state index in [1.165, 1.54) is 18.4 Å². The Kier molecular flexibility index (Phi) is 2.55. The standard InChI is InChI=1S/C15H19NO/c1-12(17)14-10-16(11-15(14)7-8-15)9-13-5-3-2-4-6-13/h2-6,14H,7-11H2,1H3. The lowest BCUT2D eigenvalue weighted by molar-refractivity contribution is -0.121. The fraction of sp³-hybridized carbons (Fsp3) is 0.533. The summed E-state index contributed by atoms with van der Waals surface area (Å²) in [6, 6.07) is 10.6. The molecule has 1 saturated heterocycles. The van der Waals surface area contributed by atoms with Gasteiger partial charge in [0.05, 0.1) is 0 Å². The summed E-state index contributed by atoms with van der Waals surface area (Å²) < 4.78 is 0. The largest absolute Gasteiger partial charge is 0.300 e. The van der Waals surface area contributed by atoms with E-state index in [2.05, 4.69) is 29.2 Å². The van der Waals surface area contributed by atoms with Gasteiger partial charge < -0.3 is 0 Å². The number of carbonyl (C=O) groups excluding carboxylic acids is 1. The van der Waals surface area contributed by atoms with Crippen LogP contribution in [0.3, 0.4) is 0 Å². The minimum absolute atomic E-state index is 0.297. The van der Waals surface area contributed by atoms with Gasteiger partial charge in [-0.3, -0.25) is 9.69 Å². The first kappa shape index (κ1) is 11.0. The summed E-state index contributed by atoms with van der Waals surface area (Å²) in [7, 11) is 0. The third-order valence-electron chi connectivity index (χ3n) is 4.35. The van der Waals surface area contributed by atoms with Crippen LogP contribution in [0.2, 0.25) is 0 Å². The predicted octanol–water partition coefficient (Wildman–Crippen LogP) is 2.49. The molecule has 0 aromatic heterocycles. The number of hydrogen-bond acceptors (Lipinski definition) is 2. The molecule has 1 aliphatic carbocycles. The highest BCUT2D eigenvalue weighted by Gasteiger charge is 2.56. The molecule has 0 radical (unpaired) electrons. The fourth-order valence-corrected chi connectivity index (χ4v) is 3.26. The zero-order chi connectivity index (χ0) is 11.9. The van der Waals surface area contributed by atoms with Crippen LogP contribution in [0.1, 0.15) is 25.3 Å².